The van der Waals surface area contributed by atoms with Crippen LogP contribution in [0.3, 0.4) is 0 Å². The first kappa shape index (κ1) is 29.7. The van der Waals surface area contributed by atoms with Crippen LogP contribution in [0.5, 0.6) is 5.75 Å². The third-order valence-electron chi connectivity index (χ3n) is 7.14. The molecule has 1 aliphatic rings. The van der Waals surface area contributed by atoms with Crippen LogP contribution in [0.1, 0.15) is 70.8 Å². The van der Waals surface area contributed by atoms with E-state index in [1.807, 2.05) is 6.92 Å². The lowest BCUT2D eigenvalue weighted by atomic mass is 10.0. The molecule has 3 heterocycles. The first-order valence-electron chi connectivity index (χ1n) is 14.1. The molecule has 1 atom stereocenters. The van der Waals surface area contributed by atoms with E-state index in [1.165, 1.54) is 16.4 Å². The Morgan fingerprint density at radius 1 is 1.15 bits per heavy atom. The van der Waals surface area contributed by atoms with Crippen molar-refractivity contribution in [3.05, 3.63) is 40.1 Å². The summed E-state index contributed by atoms with van der Waals surface area (Å²) < 4.78 is 41.2. The van der Waals surface area contributed by atoms with E-state index in [0.717, 1.165) is 25.7 Å². The summed E-state index contributed by atoms with van der Waals surface area (Å²) in [5, 5.41) is 4.71. The van der Waals surface area contributed by atoms with Gasteiger partial charge in [-0.15, -0.1) is 5.10 Å². The van der Waals surface area contributed by atoms with Gasteiger partial charge < -0.3 is 14.5 Å². The van der Waals surface area contributed by atoms with Crippen LogP contribution >= 0.6 is 0 Å². The Bertz CT molecular complexity index is 1510. The molecule has 12 heteroatoms. The SMILES string of the molecule is CCCCCCc1nc(C)c2c(=O)[nH]c(-c3cc(S(=O)(=O)N4CCCC(C(=O)OCC)C4)ccc3OCC)nn12. The molecule has 0 spiro atoms. The van der Waals surface area contributed by atoms with Gasteiger partial charge in [-0.2, -0.15) is 4.31 Å². The third-order valence-corrected chi connectivity index (χ3v) is 9.01. The Hall–Kier alpha value is -3.25. The number of fused-ring (bicyclic) bond motifs is 1. The molecule has 40 heavy (non-hydrogen) atoms. The number of nitrogens with one attached hydrogen (secondary N) is 1. The van der Waals surface area contributed by atoms with Gasteiger partial charge in [0.05, 0.1) is 35.3 Å². The molecule has 1 aliphatic heterocycles. The molecular formula is C28H39N5O6S. The molecule has 0 saturated carbocycles. The number of aromatic nitrogens is 4. The highest BCUT2D eigenvalue weighted by atomic mass is 32.2. The molecular weight excluding hydrogens is 534 g/mol. The summed E-state index contributed by atoms with van der Waals surface area (Å²) in [7, 11) is -3.95. The first-order valence-corrected chi connectivity index (χ1v) is 15.6. The molecule has 1 aromatic carbocycles. The number of hydrogen-bond acceptors (Lipinski definition) is 8. The summed E-state index contributed by atoms with van der Waals surface area (Å²) in [6.45, 7) is 8.43. The van der Waals surface area contributed by atoms with Gasteiger partial charge in [-0.25, -0.2) is 17.9 Å². The largest absolute Gasteiger partial charge is 0.493 e. The monoisotopic (exact) mass is 573 g/mol. The van der Waals surface area contributed by atoms with Crippen molar-refractivity contribution in [3.63, 3.8) is 0 Å². The minimum atomic E-state index is -3.95. The average molecular weight is 574 g/mol. The summed E-state index contributed by atoms with van der Waals surface area (Å²) in [4.78, 5) is 32.9. The molecule has 3 aromatic rings. The van der Waals surface area contributed by atoms with E-state index in [2.05, 4.69) is 16.9 Å². The van der Waals surface area contributed by atoms with E-state index in [9.17, 15) is 18.0 Å². The highest BCUT2D eigenvalue weighted by Gasteiger charge is 2.34. The molecule has 0 bridgehead atoms. The quantitative estimate of drug-likeness (QED) is 0.255. The zero-order valence-corrected chi connectivity index (χ0v) is 24.6. The molecule has 2 aromatic heterocycles. The Kier molecular flexibility index (Phi) is 9.62. The number of sulfonamides is 1. The summed E-state index contributed by atoms with van der Waals surface area (Å²) in [6.07, 6.45) is 6.03. The number of aromatic amines is 1. The summed E-state index contributed by atoms with van der Waals surface area (Å²) >= 11 is 0. The number of aryl methyl sites for hydroxylation is 2. The number of nitrogens with zero attached hydrogens (tertiary/aromatic N) is 4. The summed E-state index contributed by atoms with van der Waals surface area (Å²) in [6, 6.07) is 4.53. The molecule has 4 rings (SSSR count). The first-order chi connectivity index (χ1) is 19.2. The van der Waals surface area contributed by atoms with E-state index in [0.29, 0.717) is 60.8 Å². The van der Waals surface area contributed by atoms with Crippen molar-refractivity contribution in [1.82, 2.24) is 23.9 Å². The van der Waals surface area contributed by atoms with E-state index >= 15 is 0 Å². The van der Waals surface area contributed by atoms with Crippen molar-refractivity contribution in [2.45, 2.75) is 77.5 Å². The second kappa shape index (κ2) is 12.9. The van der Waals surface area contributed by atoms with Gasteiger partial charge in [0.1, 0.15) is 11.6 Å². The lowest BCUT2D eigenvalue weighted by molar-refractivity contribution is -0.149. The van der Waals surface area contributed by atoms with E-state index in [4.69, 9.17) is 14.6 Å². The van der Waals surface area contributed by atoms with Gasteiger partial charge in [0.2, 0.25) is 10.0 Å². The van der Waals surface area contributed by atoms with Crippen molar-refractivity contribution in [1.29, 1.82) is 0 Å². The zero-order valence-electron chi connectivity index (χ0n) is 23.7. The van der Waals surface area contributed by atoms with Crippen LogP contribution in [-0.4, -0.2) is 64.6 Å². The number of hydrogen-bond donors (Lipinski definition) is 1. The standard InChI is InChI=1S/C28H39N5O6S/c1-5-8-9-10-13-24-29-19(4)25-27(34)30-26(31-33(24)25)22-17-21(14-15-23(22)38-6-2)40(36,37)32-16-11-12-20(18-32)28(35)39-7-3/h14-15,17,20H,5-13,16,18H2,1-4H3,(H,30,31,34). The summed E-state index contributed by atoms with van der Waals surface area (Å²) in [5.74, 6) is 0.384. The number of carbonyl (C=O) groups excluding carboxylic acids is 1. The molecule has 1 unspecified atom stereocenters. The van der Waals surface area contributed by atoms with Crippen LogP contribution in [0.4, 0.5) is 0 Å². The summed E-state index contributed by atoms with van der Waals surface area (Å²) in [5.41, 5.74) is 0.950. The Morgan fingerprint density at radius 2 is 1.95 bits per heavy atom. The van der Waals surface area contributed by atoms with Crippen molar-refractivity contribution in [3.8, 4) is 17.1 Å². The lowest BCUT2D eigenvalue weighted by Gasteiger charge is -2.30. The molecule has 0 radical (unpaired) electrons. The number of unbranched alkanes of at least 4 members (excludes halogenated alkanes) is 3. The van der Waals surface area contributed by atoms with Crippen molar-refractivity contribution in [2.75, 3.05) is 26.3 Å². The van der Waals surface area contributed by atoms with Gasteiger partial charge >= 0.3 is 5.97 Å². The maximum atomic E-state index is 13.7. The van der Waals surface area contributed by atoms with Crippen LogP contribution in [0.2, 0.25) is 0 Å². The third kappa shape index (κ3) is 6.22. The molecule has 218 valence electrons. The second-order valence-electron chi connectivity index (χ2n) is 10.0. The van der Waals surface area contributed by atoms with Gasteiger partial charge in [-0.05, 0) is 58.2 Å². The highest BCUT2D eigenvalue weighted by Crippen LogP contribution is 2.33. The van der Waals surface area contributed by atoms with Crippen LogP contribution in [0.15, 0.2) is 27.9 Å². The van der Waals surface area contributed by atoms with E-state index in [-0.39, 0.29) is 35.4 Å². The zero-order chi connectivity index (χ0) is 28.9. The van der Waals surface area contributed by atoms with Gasteiger partial charge in [-0.3, -0.25) is 9.59 Å². The average Bonchev–Trinajstić information content (AvgIpc) is 3.27. The normalized spacial score (nSPS) is 16.4. The maximum Gasteiger partial charge on any atom is 0.310 e. The lowest BCUT2D eigenvalue weighted by Crippen LogP contribution is -2.42. The second-order valence-corrected chi connectivity index (χ2v) is 12.0. The van der Waals surface area contributed by atoms with Crippen LogP contribution in [0, 0.1) is 12.8 Å². The van der Waals surface area contributed by atoms with Crippen LogP contribution < -0.4 is 10.3 Å². The van der Waals surface area contributed by atoms with E-state index < -0.39 is 15.9 Å². The van der Waals surface area contributed by atoms with Crippen molar-refractivity contribution < 1.29 is 22.7 Å². The number of imidazole rings is 1. The fourth-order valence-corrected chi connectivity index (χ4v) is 6.68. The minimum absolute atomic E-state index is 0.0276. The van der Waals surface area contributed by atoms with Crippen LogP contribution in [0.25, 0.3) is 16.9 Å². The number of carbonyl (C=O) groups is 1. The van der Waals surface area contributed by atoms with E-state index in [1.54, 1.807) is 24.4 Å². The molecule has 1 saturated heterocycles. The topological polar surface area (TPSA) is 136 Å². The number of piperidine rings is 1. The molecule has 11 nitrogen and oxygen atoms in total. The number of H-pyrrole nitrogens is 1. The number of rotatable bonds is 12. The van der Waals surface area contributed by atoms with Gasteiger partial charge in [0.25, 0.3) is 5.56 Å². The van der Waals surface area contributed by atoms with Gasteiger partial charge in [-0.1, -0.05) is 26.2 Å². The molecule has 1 fully saturated rings. The van der Waals surface area contributed by atoms with Crippen LogP contribution in [-0.2, 0) is 26.0 Å². The number of benzene rings is 1. The Morgan fingerprint density at radius 3 is 2.67 bits per heavy atom. The van der Waals surface area contributed by atoms with Gasteiger partial charge in [0, 0.05) is 19.5 Å². The fraction of sp³-hybridized carbons (Fsp3) is 0.571. The predicted octanol–water partition coefficient (Wildman–Crippen LogP) is 3.88. The van der Waals surface area contributed by atoms with Crippen molar-refractivity contribution >= 4 is 21.5 Å². The minimum Gasteiger partial charge on any atom is -0.493 e. The van der Waals surface area contributed by atoms with Gasteiger partial charge in [0.15, 0.2) is 11.3 Å². The smallest absolute Gasteiger partial charge is 0.310 e. The predicted molar refractivity (Wildman–Crippen MR) is 151 cm³/mol. The maximum absolute atomic E-state index is 13.7. The van der Waals surface area contributed by atoms with Crippen molar-refractivity contribution in [2.24, 2.45) is 5.92 Å². The molecule has 1 N–H and O–H groups in total. The Labute approximate surface area is 235 Å². The Balaban J connectivity index is 1.74. The number of ether oxygens (including phenoxy) is 2. The highest BCUT2D eigenvalue weighted by molar-refractivity contribution is 7.89. The molecule has 0 amide bonds. The molecule has 0 aliphatic carbocycles. The number of esters is 1. The fourth-order valence-electron chi connectivity index (χ4n) is 5.13.